The topological polar surface area (TPSA) is 126 Å². The van der Waals surface area contributed by atoms with E-state index >= 15 is 0 Å². The number of carboxylic acid groups (broad SMARTS) is 1. The van der Waals surface area contributed by atoms with Gasteiger partial charge >= 0.3 is 0 Å². The second-order valence-corrected chi connectivity index (χ2v) is 3.54. The zero-order valence-electron chi connectivity index (χ0n) is 9.41. The van der Waals surface area contributed by atoms with E-state index in [1.165, 1.54) is 0 Å². The fourth-order valence-electron chi connectivity index (χ4n) is 1.59. The van der Waals surface area contributed by atoms with Gasteiger partial charge in [0.2, 0.25) is 0 Å². The van der Waals surface area contributed by atoms with Gasteiger partial charge < -0.3 is 9.90 Å². The summed E-state index contributed by atoms with van der Waals surface area (Å²) in [5.41, 5.74) is -1.78. The monoisotopic (exact) mass is 253 g/mol. The Kier molecular flexibility index (Phi) is 3.93. The lowest BCUT2D eigenvalue weighted by Crippen LogP contribution is -2.22. The number of carbonyl (C=O) groups is 1. The molecule has 0 fully saturated rings. The second-order valence-electron chi connectivity index (χ2n) is 3.54. The molecule has 0 aliphatic rings. The van der Waals surface area contributed by atoms with Crippen molar-refractivity contribution in [1.82, 2.24) is 0 Å². The van der Waals surface area contributed by atoms with Crippen LogP contribution >= 0.6 is 0 Å². The molecule has 0 atom stereocenters. The molecule has 0 saturated heterocycles. The molecule has 96 valence electrons. The van der Waals surface area contributed by atoms with Crippen molar-refractivity contribution in [2.24, 2.45) is 0 Å². The number of carbonyl (C=O) groups excluding carboxylic acids is 1. The Bertz CT molecular complexity index is 490. The normalized spacial score (nSPS) is 10.1. The van der Waals surface area contributed by atoms with Crippen LogP contribution in [0.25, 0.3) is 0 Å². The Morgan fingerprint density at radius 3 is 1.89 bits per heavy atom. The van der Waals surface area contributed by atoms with E-state index in [0.717, 1.165) is 12.1 Å². The highest BCUT2D eigenvalue weighted by atomic mass is 16.6. The molecule has 18 heavy (non-hydrogen) atoms. The molecule has 0 bridgehead atoms. The van der Waals surface area contributed by atoms with Crippen LogP contribution in [-0.2, 0) is 6.42 Å². The summed E-state index contributed by atoms with van der Waals surface area (Å²) in [5.74, 6) is -1.69. The van der Waals surface area contributed by atoms with E-state index in [0.29, 0.717) is 6.42 Å². The van der Waals surface area contributed by atoms with Crippen molar-refractivity contribution in [1.29, 1.82) is 0 Å². The Labute approximate surface area is 101 Å². The van der Waals surface area contributed by atoms with Gasteiger partial charge in [0.1, 0.15) is 5.56 Å². The van der Waals surface area contributed by atoms with Gasteiger partial charge in [-0.2, -0.15) is 0 Å². The smallest absolute Gasteiger partial charge is 0.280 e. The molecule has 0 amide bonds. The number of carboxylic acids is 1. The Balaban J connectivity index is 3.59. The number of rotatable bonds is 5. The lowest BCUT2D eigenvalue weighted by molar-refractivity contribution is -0.395. The van der Waals surface area contributed by atoms with Crippen molar-refractivity contribution in [2.75, 3.05) is 0 Å². The third-order valence-electron chi connectivity index (χ3n) is 2.33. The van der Waals surface area contributed by atoms with Gasteiger partial charge in [0, 0.05) is 17.7 Å². The summed E-state index contributed by atoms with van der Waals surface area (Å²) < 4.78 is 0. The van der Waals surface area contributed by atoms with E-state index in [-0.39, 0.29) is 12.0 Å². The highest BCUT2D eigenvalue weighted by molar-refractivity contribution is 5.88. The van der Waals surface area contributed by atoms with Crippen LogP contribution in [0.2, 0.25) is 0 Å². The van der Waals surface area contributed by atoms with Gasteiger partial charge in [0.15, 0.2) is 0 Å². The van der Waals surface area contributed by atoms with E-state index in [9.17, 15) is 30.1 Å². The summed E-state index contributed by atoms with van der Waals surface area (Å²) in [4.78, 5) is 30.6. The second kappa shape index (κ2) is 5.21. The lowest BCUT2D eigenvalue weighted by atomic mass is 10.0. The van der Waals surface area contributed by atoms with E-state index in [2.05, 4.69) is 0 Å². The van der Waals surface area contributed by atoms with Gasteiger partial charge in [0.25, 0.3) is 11.4 Å². The van der Waals surface area contributed by atoms with Gasteiger partial charge in [0.05, 0.1) is 15.8 Å². The summed E-state index contributed by atoms with van der Waals surface area (Å²) in [6.07, 6.45) is 0.590. The molecule has 8 heteroatoms. The first-order valence-electron chi connectivity index (χ1n) is 5.05. The van der Waals surface area contributed by atoms with Crippen LogP contribution in [-0.4, -0.2) is 15.8 Å². The Morgan fingerprint density at radius 2 is 1.61 bits per heavy atom. The maximum absolute atomic E-state index is 10.8. The number of nitro groups is 2. The van der Waals surface area contributed by atoms with Crippen molar-refractivity contribution in [3.05, 3.63) is 43.5 Å². The fourth-order valence-corrected chi connectivity index (χ4v) is 1.59. The first-order valence-corrected chi connectivity index (χ1v) is 5.05. The molecule has 0 spiro atoms. The van der Waals surface area contributed by atoms with E-state index in [1.54, 1.807) is 6.92 Å². The van der Waals surface area contributed by atoms with Gasteiger partial charge in [-0.1, -0.05) is 13.3 Å². The molecule has 1 rings (SSSR count). The minimum absolute atomic E-state index is 0.0718. The molecule has 0 unspecified atom stereocenters. The number of nitro benzene ring substituents is 2. The third-order valence-corrected chi connectivity index (χ3v) is 2.33. The Morgan fingerprint density at radius 1 is 1.17 bits per heavy atom. The predicted molar refractivity (Wildman–Crippen MR) is 58.1 cm³/mol. The van der Waals surface area contributed by atoms with Crippen molar-refractivity contribution in [3.63, 3.8) is 0 Å². The largest absolute Gasteiger partial charge is 0.545 e. The minimum Gasteiger partial charge on any atom is -0.545 e. The molecule has 8 nitrogen and oxygen atoms in total. The number of aromatic carboxylic acids is 1. The number of hydrogen-bond donors (Lipinski definition) is 0. The van der Waals surface area contributed by atoms with Gasteiger partial charge in [-0.05, 0) is 6.42 Å². The van der Waals surface area contributed by atoms with E-state index in [1.807, 2.05) is 0 Å². The van der Waals surface area contributed by atoms with Crippen LogP contribution in [0.3, 0.4) is 0 Å². The highest BCUT2D eigenvalue weighted by Gasteiger charge is 2.25. The summed E-state index contributed by atoms with van der Waals surface area (Å²) in [6, 6.07) is 1.57. The zero-order chi connectivity index (χ0) is 13.9. The first kappa shape index (κ1) is 13.6. The van der Waals surface area contributed by atoms with Crippen LogP contribution in [0.1, 0.15) is 29.3 Å². The summed E-state index contributed by atoms with van der Waals surface area (Å²) in [5, 5.41) is 32.3. The average molecular weight is 253 g/mol. The SMILES string of the molecule is CCCc1c([N+](=O)[O-])cc(C(=O)[O-])cc1[N+](=O)[O-]. The van der Waals surface area contributed by atoms with Crippen LogP contribution in [0.15, 0.2) is 12.1 Å². The summed E-state index contributed by atoms with van der Waals surface area (Å²) in [6.45, 7) is 1.71. The van der Waals surface area contributed by atoms with E-state index < -0.39 is 32.8 Å². The third kappa shape index (κ3) is 2.59. The maximum Gasteiger partial charge on any atom is 0.280 e. The van der Waals surface area contributed by atoms with Gasteiger partial charge in [-0.25, -0.2) is 0 Å². The molecule has 1 aromatic rings. The summed E-state index contributed by atoms with van der Waals surface area (Å²) >= 11 is 0. The van der Waals surface area contributed by atoms with Crippen LogP contribution in [0.4, 0.5) is 11.4 Å². The van der Waals surface area contributed by atoms with Crippen LogP contribution in [0, 0.1) is 20.2 Å². The van der Waals surface area contributed by atoms with Crippen LogP contribution < -0.4 is 5.11 Å². The minimum atomic E-state index is -1.69. The van der Waals surface area contributed by atoms with Crippen molar-refractivity contribution in [2.45, 2.75) is 19.8 Å². The number of hydrogen-bond acceptors (Lipinski definition) is 6. The fraction of sp³-hybridized carbons (Fsp3) is 0.300. The zero-order valence-corrected chi connectivity index (χ0v) is 9.41. The molecule has 0 saturated carbocycles. The van der Waals surface area contributed by atoms with Crippen molar-refractivity contribution in [3.8, 4) is 0 Å². The maximum atomic E-state index is 10.8. The molecule has 0 aromatic heterocycles. The van der Waals surface area contributed by atoms with Gasteiger partial charge in [-0.15, -0.1) is 0 Å². The lowest BCUT2D eigenvalue weighted by Gasteiger charge is -2.07. The van der Waals surface area contributed by atoms with Gasteiger partial charge in [-0.3, -0.25) is 20.2 Å². The molecule has 0 N–H and O–H groups in total. The highest BCUT2D eigenvalue weighted by Crippen LogP contribution is 2.31. The number of benzene rings is 1. The predicted octanol–water partition coefficient (Wildman–Crippen LogP) is 0.819. The average Bonchev–Trinajstić information content (AvgIpc) is 2.28. The number of nitrogens with zero attached hydrogens (tertiary/aromatic N) is 2. The molecule has 1 aromatic carbocycles. The molecule has 0 aliphatic carbocycles. The van der Waals surface area contributed by atoms with E-state index in [4.69, 9.17) is 0 Å². The molecule has 0 heterocycles. The quantitative estimate of drug-likeness (QED) is 0.564. The van der Waals surface area contributed by atoms with Crippen molar-refractivity contribution < 1.29 is 19.7 Å². The molecular formula is C10H9N2O6-. The molecule has 0 radical (unpaired) electrons. The first-order chi connectivity index (χ1) is 8.38. The summed E-state index contributed by atoms with van der Waals surface area (Å²) in [7, 11) is 0. The standard InChI is InChI=1S/C10H10N2O6/c1-2-3-7-8(11(15)16)4-6(10(13)14)5-9(7)12(17)18/h4-5H,2-3H2,1H3,(H,13,14)/p-1. The van der Waals surface area contributed by atoms with Crippen molar-refractivity contribution >= 4 is 17.3 Å². The molecular weight excluding hydrogens is 244 g/mol. The Hall–Kier alpha value is -2.51. The van der Waals surface area contributed by atoms with Crippen LogP contribution in [0.5, 0.6) is 0 Å². The molecule has 0 aliphatic heterocycles.